The van der Waals surface area contributed by atoms with Gasteiger partial charge in [0.1, 0.15) is 5.82 Å². The molecule has 6 nitrogen and oxygen atoms in total. The number of aromatic nitrogens is 4. The van der Waals surface area contributed by atoms with E-state index in [4.69, 9.17) is 4.98 Å². The molecular formula is C15H22N6. The molecule has 2 aromatic rings. The van der Waals surface area contributed by atoms with Gasteiger partial charge in [-0.2, -0.15) is 10.1 Å². The van der Waals surface area contributed by atoms with Gasteiger partial charge in [-0.3, -0.25) is 4.68 Å². The van der Waals surface area contributed by atoms with E-state index >= 15 is 0 Å². The van der Waals surface area contributed by atoms with E-state index in [0.717, 1.165) is 37.0 Å². The summed E-state index contributed by atoms with van der Waals surface area (Å²) in [4.78, 5) is 13.7. The highest BCUT2D eigenvalue weighted by molar-refractivity contribution is 5.45. The molecular weight excluding hydrogens is 264 g/mol. The Morgan fingerprint density at radius 3 is 2.90 bits per heavy atom. The van der Waals surface area contributed by atoms with Crippen molar-refractivity contribution >= 4 is 11.8 Å². The second-order valence-electron chi connectivity index (χ2n) is 5.78. The van der Waals surface area contributed by atoms with Crippen molar-refractivity contribution in [3.63, 3.8) is 0 Å². The third-order valence-corrected chi connectivity index (χ3v) is 3.88. The molecule has 0 aromatic carbocycles. The van der Waals surface area contributed by atoms with Gasteiger partial charge in [0.05, 0.1) is 12.6 Å². The number of hydrogen-bond acceptors (Lipinski definition) is 5. The second-order valence-corrected chi connectivity index (χ2v) is 5.78. The zero-order valence-electron chi connectivity index (χ0n) is 12.9. The lowest BCUT2D eigenvalue weighted by Crippen LogP contribution is -2.34. The molecule has 1 fully saturated rings. The highest BCUT2D eigenvalue weighted by Crippen LogP contribution is 2.25. The van der Waals surface area contributed by atoms with Crippen LogP contribution < -0.4 is 9.80 Å². The summed E-state index contributed by atoms with van der Waals surface area (Å²) in [5.74, 6) is 1.80. The minimum absolute atomic E-state index is 0.418. The first-order valence-electron chi connectivity index (χ1n) is 7.40. The molecule has 1 aliphatic rings. The Kier molecular flexibility index (Phi) is 3.77. The van der Waals surface area contributed by atoms with Crippen LogP contribution in [0.25, 0.3) is 0 Å². The lowest BCUT2D eigenvalue weighted by molar-refractivity contribution is 0.505. The SMILES string of the molecule is Cc1cc(N(C)C)nc(N2CCCC2Cn2cccn2)n1. The van der Waals surface area contributed by atoms with Crippen LogP contribution in [-0.4, -0.2) is 46.4 Å². The molecule has 1 aliphatic heterocycles. The number of hydrogen-bond donors (Lipinski definition) is 0. The van der Waals surface area contributed by atoms with E-state index in [1.54, 1.807) is 0 Å². The normalized spacial score (nSPS) is 18.2. The highest BCUT2D eigenvalue weighted by Gasteiger charge is 2.27. The van der Waals surface area contributed by atoms with Gasteiger partial charge in [0.15, 0.2) is 0 Å². The predicted octanol–water partition coefficient (Wildman–Crippen LogP) is 1.72. The van der Waals surface area contributed by atoms with Crippen molar-refractivity contribution in [1.82, 2.24) is 19.7 Å². The average Bonchev–Trinajstić information content (AvgIpc) is 3.10. The van der Waals surface area contributed by atoms with Crippen LogP contribution >= 0.6 is 0 Å². The molecule has 3 heterocycles. The fourth-order valence-electron chi connectivity index (χ4n) is 2.81. The standard InChI is InChI=1S/C15H22N6/c1-12-10-14(19(2)3)18-15(17-12)21-9-4-6-13(21)11-20-8-5-7-16-20/h5,7-8,10,13H,4,6,9,11H2,1-3H3. The summed E-state index contributed by atoms with van der Waals surface area (Å²) in [6.45, 7) is 3.93. The molecule has 1 unspecified atom stereocenters. The van der Waals surface area contributed by atoms with Crippen molar-refractivity contribution in [3.05, 3.63) is 30.2 Å². The molecule has 3 rings (SSSR count). The van der Waals surface area contributed by atoms with Crippen LogP contribution in [0.5, 0.6) is 0 Å². The van der Waals surface area contributed by atoms with Crippen molar-refractivity contribution in [2.75, 3.05) is 30.4 Å². The van der Waals surface area contributed by atoms with E-state index in [1.165, 1.54) is 6.42 Å². The van der Waals surface area contributed by atoms with E-state index in [0.29, 0.717) is 6.04 Å². The third-order valence-electron chi connectivity index (χ3n) is 3.88. The van der Waals surface area contributed by atoms with Gasteiger partial charge in [-0.05, 0) is 25.8 Å². The Hall–Kier alpha value is -2.11. The molecule has 0 aliphatic carbocycles. The molecule has 0 radical (unpaired) electrons. The molecule has 21 heavy (non-hydrogen) atoms. The Morgan fingerprint density at radius 2 is 2.19 bits per heavy atom. The monoisotopic (exact) mass is 286 g/mol. The molecule has 0 bridgehead atoms. The fourth-order valence-corrected chi connectivity index (χ4v) is 2.81. The number of nitrogens with zero attached hydrogens (tertiary/aromatic N) is 6. The van der Waals surface area contributed by atoms with E-state index in [2.05, 4.69) is 15.0 Å². The van der Waals surface area contributed by atoms with Gasteiger partial charge in [-0.1, -0.05) is 0 Å². The van der Waals surface area contributed by atoms with Crippen LogP contribution in [0.3, 0.4) is 0 Å². The topological polar surface area (TPSA) is 50.1 Å². The predicted molar refractivity (Wildman–Crippen MR) is 83.7 cm³/mol. The van der Waals surface area contributed by atoms with Crippen LogP contribution in [0, 0.1) is 6.92 Å². The maximum atomic E-state index is 4.71. The zero-order chi connectivity index (χ0) is 14.8. The van der Waals surface area contributed by atoms with Gasteiger partial charge in [-0.25, -0.2) is 4.98 Å². The van der Waals surface area contributed by atoms with Gasteiger partial charge in [0.2, 0.25) is 5.95 Å². The van der Waals surface area contributed by atoms with Gasteiger partial charge in [0.25, 0.3) is 0 Å². The molecule has 112 valence electrons. The van der Waals surface area contributed by atoms with E-state index in [-0.39, 0.29) is 0 Å². The molecule has 2 aromatic heterocycles. The molecule has 1 atom stereocenters. The Labute approximate surface area is 125 Å². The molecule has 0 N–H and O–H groups in total. The van der Waals surface area contributed by atoms with Crippen LogP contribution in [0.1, 0.15) is 18.5 Å². The Balaban J connectivity index is 1.84. The maximum Gasteiger partial charge on any atom is 0.227 e. The van der Waals surface area contributed by atoms with E-state index < -0.39 is 0 Å². The van der Waals surface area contributed by atoms with E-state index in [9.17, 15) is 0 Å². The first-order chi connectivity index (χ1) is 10.1. The Bertz CT molecular complexity index is 592. The molecule has 0 saturated carbocycles. The largest absolute Gasteiger partial charge is 0.363 e. The first kappa shape index (κ1) is 13.9. The summed E-state index contributed by atoms with van der Waals surface area (Å²) >= 11 is 0. The molecule has 1 saturated heterocycles. The van der Waals surface area contributed by atoms with Gasteiger partial charge < -0.3 is 9.80 Å². The maximum absolute atomic E-state index is 4.71. The smallest absolute Gasteiger partial charge is 0.227 e. The second kappa shape index (κ2) is 5.71. The van der Waals surface area contributed by atoms with Crippen molar-refractivity contribution in [1.29, 1.82) is 0 Å². The number of anilines is 2. The minimum Gasteiger partial charge on any atom is -0.363 e. The van der Waals surface area contributed by atoms with Crippen LogP contribution in [0.2, 0.25) is 0 Å². The molecule has 0 spiro atoms. The van der Waals surface area contributed by atoms with Crippen molar-refractivity contribution in [2.45, 2.75) is 32.4 Å². The fraction of sp³-hybridized carbons (Fsp3) is 0.533. The summed E-state index contributed by atoms with van der Waals surface area (Å²) in [7, 11) is 4.02. The van der Waals surface area contributed by atoms with Crippen molar-refractivity contribution < 1.29 is 0 Å². The summed E-state index contributed by atoms with van der Waals surface area (Å²) < 4.78 is 1.99. The average molecular weight is 286 g/mol. The highest BCUT2D eigenvalue weighted by atomic mass is 15.3. The number of rotatable bonds is 4. The van der Waals surface area contributed by atoms with Gasteiger partial charge in [-0.15, -0.1) is 0 Å². The first-order valence-corrected chi connectivity index (χ1v) is 7.40. The van der Waals surface area contributed by atoms with Crippen LogP contribution in [-0.2, 0) is 6.54 Å². The van der Waals surface area contributed by atoms with Crippen molar-refractivity contribution in [2.24, 2.45) is 0 Å². The quantitative estimate of drug-likeness (QED) is 0.856. The lowest BCUT2D eigenvalue weighted by Gasteiger charge is -2.26. The van der Waals surface area contributed by atoms with E-state index in [1.807, 2.05) is 55.1 Å². The minimum atomic E-state index is 0.418. The summed E-state index contributed by atoms with van der Waals surface area (Å²) in [5, 5.41) is 4.31. The lowest BCUT2D eigenvalue weighted by atomic mass is 10.2. The van der Waals surface area contributed by atoms with Crippen molar-refractivity contribution in [3.8, 4) is 0 Å². The third kappa shape index (κ3) is 2.99. The van der Waals surface area contributed by atoms with Crippen LogP contribution in [0.4, 0.5) is 11.8 Å². The summed E-state index contributed by atoms with van der Waals surface area (Å²) in [6, 6.07) is 4.40. The zero-order valence-corrected chi connectivity index (χ0v) is 12.9. The van der Waals surface area contributed by atoms with Gasteiger partial charge in [0, 0.05) is 44.8 Å². The molecule has 0 amide bonds. The van der Waals surface area contributed by atoms with Gasteiger partial charge >= 0.3 is 0 Å². The van der Waals surface area contributed by atoms with Crippen LogP contribution in [0.15, 0.2) is 24.5 Å². The molecule has 6 heteroatoms. The number of aryl methyl sites for hydroxylation is 1. The summed E-state index contributed by atoms with van der Waals surface area (Å²) in [5.41, 5.74) is 1.01. The Morgan fingerprint density at radius 1 is 1.33 bits per heavy atom. The summed E-state index contributed by atoms with van der Waals surface area (Å²) in [6.07, 6.45) is 6.18.